The number of aromatic amines is 1. The zero-order valence-corrected chi connectivity index (χ0v) is 65.8. The van der Waals surface area contributed by atoms with Crippen LogP contribution in [-0.2, 0) is 84.8 Å². The molecule has 626 valence electrons. The molecule has 40 heteroatoms. The lowest BCUT2D eigenvalue weighted by Gasteiger charge is -2.30. The van der Waals surface area contributed by atoms with Crippen molar-refractivity contribution in [2.75, 3.05) is 13.1 Å². The van der Waals surface area contributed by atoms with E-state index < -0.39 is 199 Å². The molecule has 1 aromatic heterocycles. The van der Waals surface area contributed by atoms with Gasteiger partial charge in [0.25, 0.3) is 0 Å². The molecule has 0 saturated carbocycles. The fourth-order valence-corrected chi connectivity index (χ4v) is 11.3. The molecule has 0 unspecified atom stereocenters. The third-order valence-electron chi connectivity index (χ3n) is 17.1. The van der Waals surface area contributed by atoms with Gasteiger partial charge in [0.1, 0.15) is 72.5 Å². The van der Waals surface area contributed by atoms with Crippen molar-refractivity contribution in [1.82, 2.24) is 73.8 Å². The van der Waals surface area contributed by atoms with Crippen LogP contribution in [0.3, 0.4) is 0 Å². The van der Waals surface area contributed by atoms with Crippen LogP contribution in [0.2, 0.25) is 0 Å². The lowest BCUT2D eigenvalue weighted by Crippen LogP contribution is -2.62. The first-order valence-corrected chi connectivity index (χ1v) is 37.3. The number of imidazole rings is 1. The summed E-state index contributed by atoms with van der Waals surface area (Å²) in [7, 11) is 0. The number of aromatic nitrogens is 2. The molecule has 0 spiro atoms. The zero-order valence-electron chi connectivity index (χ0n) is 65.8. The minimum Gasteiger partial charge on any atom is -0.481 e. The summed E-state index contributed by atoms with van der Waals surface area (Å²) in [5, 5.41) is 69.6. The predicted octanol–water partition coefficient (Wildman–Crippen LogP) is -3.89. The van der Waals surface area contributed by atoms with Gasteiger partial charge in [-0.25, -0.2) is 9.78 Å². The van der Waals surface area contributed by atoms with E-state index >= 15 is 0 Å². The van der Waals surface area contributed by atoms with Crippen molar-refractivity contribution < 1.29 is 92.3 Å². The number of H-pyrrole nitrogens is 1. The lowest BCUT2D eigenvalue weighted by molar-refractivity contribution is -0.147. The second-order valence-corrected chi connectivity index (χ2v) is 29.6. The summed E-state index contributed by atoms with van der Waals surface area (Å²) in [6.45, 7) is 19.8. The van der Waals surface area contributed by atoms with Gasteiger partial charge in [0.15, 0.2) is 11.9 Å². The number of carbonyl (C=O) groups excluding carboxylic acids is 12. The number of carboxylic acids is 3. The summed E-state index contributed by atoms with van der Waals surface area (Å²) >= 11 is 0. The van der Waals surface area contributed by atoms with Crippen molar-refractivity contribution >= 4 is 101 Å². The lowest BCUT2D eigenvalue weighted by atomic mass is 9.98. The molecule has 14 atom stereocenters. The number of aliphatic hydroxyl groups excluding tert-OH is 1. The Hall–Kier alpha value is -11.1. The molecule has 27 N–H and O–H groups in total. The summed E-state index contributed by atoms with van der Waals surface area (Å²) in [6, 6.07) is -10.8. The Morgan fingerprint density at radius 2 is 0.795 bits per heavy atom. The fraction of sp³-hybridized carbons (Fsp3) is 0.639. The first-order valence-electron chi connectivity index (χ1n) is 37.3. The molecule has 1 heterocycles. The Kier molecular flexibility index (Phi) is 42.7. The maximum Gasteiger partial charge on any atom is 0.326 e. The van der Waals surface area contributed by atoms with Gasteiger partial charge in [0.05, 0.1) is 24.9 Å². The number of aliphatic carboxylic acids is 3. The Labute approximate surface area is 651 Å². The maximum atomic E-state index is 14.7. The number of nitrogens with two attached hydrogens (primary N) is 5. The molecule has 2 aromatic rings. The second-order valence-electron chi connectivity index (χ2n) is 29.6. The highest BCUT2D eigenvalue weighted by atomic mass is 16.4. The summed E-state index contributed by atoms with van der Waals surface area (Å²) in [4.78, 5) is 220. The van der Waals surface area contributed by atoms with Crippen LogP contribution in [0.1, 0.15) is 165 Å². The van der Waals surface area contributed by atoms with Crippen LogP contribution < -0.4 is 92.5 Å². The number of nitrogens with zero attached hydrogens (tertiary/aromatic N) is 3. The highest BCUT2D eigenvalue weighted by Crippen LogP contribution is 2.16. The van der Waals surface area contributed by atoms with Gasteiger partial charge in [-0.2, -0.15) is 0 Å². The topological polar surface area (TPSA) is 665 Å². The first kappa shape index (κ1) is 97.0. The highest BCUT2D eigenvalue weighted by molar-refractivity contribution is 6.00. The average molecular weight is 1580 g/mol. The minimum atomic E-state index is -1.96. The number of nitrogens with one attached hydrogen (secondary N) is 13. The van der Waals surface area contributed by atoms with Crippen molar-refractivity contribution in [3.8, 4) is 0 Å². The standard InChI is InChI=1S/C72H119N21O19/c1-35(2)26-47(62(103)82-40(11)58(99)83-45(21-17-25-80-72(76)77)60(101)85-49(28-37(5)6)64(105)87-48(27-36(3)4)63(104)84-46(22-23-54(95)96)61(102)91-53(70(111)112)32-55(97)98)86-65(106)50(29-38(7)8)89-68(109)56(39(9)10)92-67(108)52(31-43-33-78-34-81-43)88-66(107)51(30-42-18-14-13-15-19-42)90-69(110)57(41(12)94)93-59(100)44(73)20-16-24-79-71(74)75/h13-15,18-19,33-41,44-53,56-57,94H,16-17,20-32,73H2,1-12H3,(H,78,81)(H,82,103)(H,83,99)(H,84,104)(H,85,101)(H,86,106)(H,87,105)(H,88,107)(H,89,109)(H,90,110)(H,91,102)(H,92,108)(H,93,100)(H,95,96)(H,97,98)(H,111,112)(H4,74,75,79)(H4,76,77,80)/t40-,41+,44-,45-,46-,47-,48-,49-,50-,51-,52-,53-,56-,57-/m0/s1. The van der Waals surface area contributed by atoms with E-state index in [1.807, 2.05) is 5.32 Å². The number of aliphatic hydroxyl groups is 1. The molecule has 0 aliphatic rings. The number of amides is 12. The summed E-state index contributed by atoms with van der Waals surface area (Å²) in [5.41, 5.74) is 28.9. The van der Waals surface area contributed by atoms with Gasteiger partial charge in [-0.3, -0.25) is 77.1 Å². The van der Waals surface area contributed by atoms with E-state index in [-0.39, 0.29) is 106 Å². The van der Waals surface area contributed by atoms with Gasteiger partial charge in [-0.1, -0.05) is 99.6 Å². The number of aliphatic imine (C=N–C) groups is 2. The Balaban J connectivity index is 2.48. The molecule has 0 fully saturated rings. The molecule has 12 amide bonds. The number of guanidine groups is 2. The van der Waals surface area contributed by atoms with Gasteiger partial charge < -0.3 is 118 Å². The van der Waals surface area contributed by atoms with Gasteiger partial charge >= 0.3 is 17.9 Å². The largest absolute Gasteiger partial charge is 0.481 e. The maximum absolute atomic E-state index is 14.7. The number of hydrogen-bond acceptors (Lipinski definition) is 20. The first-order chi connectivity index (χ1) is 52.4. The molecule has 0 bridgehead atoms. The quantitative estimate of drug-likeness (QED) is 0.0171. The van der Waals surface area contributed by atoms with Crippen LogP contribution in [0.5, 0.6) is 0 Å². The van der Waals surface area contributed by atoms with Crippen LogP contribution in [0.15, 0.2) is 52.8 Å². The summed E-state index contributed by atoms with van der Waals surface area (Å²) < 4.78 is 0. The number of hydrogen-bond donors (Lipinski definition) is 22. The molecule has 112 heavy (non-hydrogen) atoms. The van der Waals surface area contributed by atoms with Crippen molar-refractivity contribution in [2.45, 2.75) is 251 Å². The SMILES string of the molecule is CC(C)C[C@H](NC(=O)[C@H](CC(C)C)NC(=O)[C@@H](NC(=O)[C@H](Cc1cnc[nH]1)NC(=O)[C@H](Cc1ccccc1)NC(=O)[C@@H](NC(=O)[C@@H](N)CCCN=C(N)N)[C@@H](C)O)C(C)C)C(=O)N[C@@H](C)C(=O)N[C@@H](CCCN=C(N)N)C(=O)N[C@@H](CC(C)C)C(=O)N[C@@H](CC(C)C)C(=O)N[C@@H](CCC(=O)O)C(=O)N[C@@H](CC(=O)O)C(=O)O. The second kappa shape index (κ2) is 49.3. The number of carbonyl (C=O) groups is 15. The van der Waals surface area contributed by atoms with Gasteiger partial charge in [-0.15, -0.1) is 0 Å². The Morgan fingerprint density at radius 1 is 0.420 bits per heavy atom. The van der Waals surface area contributed by atoms with Gasteiger partial charge in [0, 0.05) is 44.2 Å². The van der Waals surface area contributed by atoms with Crippen molar-refractivity contribution in [2.24, 2.45) is 68.2 Å². The molecule has 40 nitrogen and oxygen atoms in total. The smallest absolute Gasteiger partial charge is 0.326 e. The van der Waals surface area contributed by atoms with Gasteiger partial charge in [0.2, 0.25) is 70.9 Å². The van der Waals surface area contributed by atoms with Crippen molar-refractivity contribution in [1.29, 1.82) is 0 Å². The summed E-state index contributed by atoms with van der Waals surface area (Å²) in [5.74, 6) is -18.1. The molecule has 1 aromatic carbocycles. The normalized spacial score (nSPS) is 15.0. The van der Waals surface area contributed by atoms with Crippen LogP contribution in [0.25, 0.3) is 0 Å². The molecule has 2 rings (SSSR count). The third kappa shape index (κ3) is 37.6. The Bertz CT molecular complexity index is 3510. The number of carboxylic acid groups (broad SMARTS) is 3. The number of rotatable bonds is 52. The molecule has 0 saturated heterocycles. The van der Waals surface area contributed by atoms with Crippen LogP contribution in [-0.4, -0.2) is 229 Å². The monoisotopic (exact) mass is 1580 g/mol. The zero-order chi connectivity index (χ0) is 84.8. The molecule has 0 aliphatic carbocycles. The van der Waals surface area contributed by atoms with E-state index in [2.05, 4.69) is 78.4 Å². The molecular formula is C72H119N21O19. The molecular weight excluding hydrogens is 1460 g/mol. The van der Waals surface area contributed by atoms with Crippen LogP contribution in [0, 0.1) is 29.6 Å². The van der Waals surface area contributed by atoms with E-state index in [4.69, 9.17) is 28.7 Å². The van der Waals surface area contributed by atoms with Crippen molar-refractivity contribution in [3.05, 3.63) is 54.1 Å². The average Bonchev–Trinajstić information content (AvgIpc) is 1.02. The van der Waals surface area contributed by atoms with Crippen LogP contribution >= 0.6 is 0 Å². The highest BCUT2D eigenvalue weighted by Gasteiger charge is 2.39. The Morgan fingerprint density at radius 3 is 1.22 bits per heavy atom. The number of benzene rings is 1. The van der Waals surface area contributed by atoms with E-state index in [1.54, 1.807) is 99.6 Å². The third-order valence-corrected chi connectivity index (χ3v) is 17.1. The van der Waals surface area contributed by atoms with E-state index in [1.165, 1.54) is 26.4 Å². The molecule has 0 aliphatic heterocycles. The predicted molar refractivity (Wildman–Crippen MR) is 410 cm³/mol. The van der Waals surface area contributed by atoms with Crippen molar-refractivity contribution in [3.63, 3.8) is 0 Å². The molecule has 0 radical (unpaired) electrons. The van der Waals surface area contributed by atoms with E-state index in [0.29, 0.717) is 17.7 Å². The van der Waals surface area contributed by atoms with E-state index in [0.717, 1.165) is 0 Å². The fourth-order valence-electron chi connectivity index (χ4n) is 11.3. The van der Waals surface area contributed by atoms with E-state index in [9.17, 15) is 92.3 Å². The minimum absolute atomic E-state index is 0.00112. The summed E-state index contributed by atoms with van der Waals surface area (Å²) in [6.07, 6.45) is -1.34. The van der Waals surface area contributed by atoms with Gasteiger partial charge in [-0.05, 0) is 107 Å². The van der Waals surface area contributed by atoms with Crippen LogP contribution in [0.4, 0.5) is 0 Å².